The molecular formula is C29H34FN5O7. The predicted molar refractivity (Wildman–Crippen MR) is 146 cm³/mol. The van der Waals surface area contributed by atoms with Gasteiger partial charge in [-0.05, 0) is 43.9 Å². The van der Waals surface area contributed by atoms with Crippen molar-refractivity contribution in [2.75, 3.05) is 19.7 Å². The number of benzene rings is 1. The largest absolute Gasteiger partial charge is 0.372 e. The fraction of sp³-hybridized carbons (Fsp3) is 0.448. The van der Waals surface area contributed by atoms with Gasteiger partial charge in [0.15, 0.2) is 5.69 Å². The van der Waals surface area contributed by atoms with Gasteiger partial charge in [-0.3, -0.25) is 19.2 Å². The second kappa shape index (κ2) is 14.5. The minimum absolute atomic E-state index is 0.0122. The van der Waals surface area contributed by atoms with E-state index >= 15 is 0 Å². The third kappa shape index (κ3) is 8.56. The number of ether oxygens (including phenoxy) is 1. The highest BCUT2D eigenvalue weighted by Gasteiger charge is 2.30. The van der Waals surface area contributed by atoms with Crippen LogP contribution in [0.15, 0.2) is 47.0 Å². The molecule has 0 saturated carbocycles. The molecule has 3 N–H and O–H groups in total. The quantitative estimate of drug-likeness (QED) is 0.347. The molecule has 0 spiro atoms. The Morgan fingerprint density at radius 2 is 1.93 bits per heavy atom. The monoisotopic (exact) mass is 583 g/mol. The van der Waals surface area contributed by atoms with Gasteiger partial charge in [-0.15, -0.1) is 0 Å². The molecule has 42 heavy (non-hydrogen) atoms. The van der Waals surface area contributed by atoms with Crippen molar-refractivity contribution in [3.8, 4) is 0 Å². The first-order valence-electron chi connectivity index (χ1n) is 13.8. The standard InChI is InChI=1S/C29H34FN5O7/c1-18-14-25(34-42-18)29(40)32-23-4-2-3-13-41-22-11-12-35(16-22)26(37)10-9-21(17-36)31-28(39)24(33-27(23)38)15-19-5-7-20(30)8-6-19/h2-3,5-8,14,17,21-24H,4,9-13,15-16H2,1H3,(H,31,39)(H,32,40)(H,33,38)/b3-2+/t21-,22-,23-,24-/m0/s1. The highest BCUT2D eigenvalue weighted by atomic mass is 19.1. The third-order valence-corrected chi connectivity index (χ3v) is 7.09. The average molecular weight is 584 g/mol. The van der Waals surface area contributed by atoms with Crippen LogP contribution in [-0.2, 0) is 30.3 Å². The van der Waals surface area contributed by atoms with Gasteiger partial charge in [0, 0.05) is 32.0 Å². The molecule has 13 heteroatoms. The first-order chi connectivity index (χ1) is 20.2. The van der Waals surface area contributed by atoms with Crippen molar-refractivity contribution in [2.45, 2.75) is 63.3 Å². The van der Waals surface area contributed by atoms with E-state index < -0.39 is 41.7 Å². The lowest BCUT2D eigenvalue weighted by atomic mass is 10.0. The van der Waals surface area contributed by atoms with Crippen molar-refractivity contribution in [3.05, 3.63) is 65.3 Å². The molecule has 0 aliphatic carbocycles. The Labute approximate surface area is 242 Å². The number of hydrogen-bond donors (Lipinski definition) is 3. The highest BCUT2D eigenvalue weighted by Crippen LogP contribution is 2.15. The van der Waals surface area contributed by atoms with Crippen molar-refractivity contribution >= 4 is 29.9 Å². The van der Waals surface area contributed by atoms with E-state index in [0.29, 0.717) is 37.1 Å². The van der Waals surface area contributed by atoms with Crippen LogP contribution < -0.4 is 16.0 Å². The maximum atomic E-state index is 13.5. The number of aldehydes is 1. The molecule has 2 aliphatic heterocycles. The summed E-state index contributed by atoms with van der Waals surface area (Å²) in [7, 11) is 0. The summed E-state index contributed by atoms with van der Waals surface area (Å²) in [6, 6.07) is 3.59. The number of carbonyl (C=O) groups is 5. The van der Waals surface area contributed by atoms with E-state index in [1.165, 1.54) is 30.3 Å². The first-order valence-corrected chi connectivity index (χ1v) is 13.8. The molecule has 224 valence electrons. The molecule has 2 aliphatic rings. The summed E-state index contributed by atoms with van der Waals surface area (Å²) >= 11 is 0. The number of rotatable bonds is 5. The van der Waals surface area contributed by atoms with E-state index in [2.05, 4.69) is 21.1 Å². The summed E-state index contributed by atoms with van der Waals surface area (Å²) in [6.45, 7) is 2.81. The third-order valence-electron chi connectivity index (χ3n) is 7.09. The number of fused-ring (bicyclic) bond motifs is 2. The van der Waals surface area contributed by atoms with Gasteiger partial charge in [-0.25, -0.2) is 4.39 Å². The first kappa shape index (κ1) is 30.6. The Kier molecular flexibility index (Phi) is 10.5. The summed E-state index contributed by atoms with van der Waals surface area (Å²) in [4.78, 5) is 65.9. The van der Waals surface area contributed by atoms with Gasteiger partial charge in [-0.1, -0.05) is 29.4 Å². The topological polar surface area (TPSA) is 160 Å². The Bertz CT molecular complexity index is 1310. The van der Waals surface area contributed by atoms with Crippen molar-refractivity contribution < 1.29 is 37.6 Å². The lowest BCUT2D eigenvalue weighted by Crippen LogP contribution is -2.55. The Balaban J connectivity index is 1.58. The molecule has 2 aromatic rings. The summed E-state index contributed by atoms with van der Waals surface area (Å²) in [5.74, 6) is -2.17. The minimum atomic E-state index is -1.18. The number of carbonyl (C=O) groups excluding carboxylic acids is 5. The Morgan fingerprint density at radius 3 is 2.64 bits per heavy atom. The molecule has 4 amide bonds. The molecule has 2 bridgehead atoms. The predicted octanol–water partition coefficient (Wildman–Crippen LogP) is 0.989. The van der Waals surface area contributed by atoms with Gasteiger partial charge in [0.2, 0.25) is 17.7 Å². The Morgan fingerprint density at radius 1 is 1.14 bits per heavy atom. The number of aromatic nitrogens is 1. The molecule has 0 radical (unpaired) electrons. The maximum Gasteiger partial charge on any atom is 0.274 e. The van der Waals surface area contributed by atoms with E-state index in [1.54, 1.807) is 24.0 Å². The van der Waals surface area contributed by atoms with Gasteiger partial charge >= 0.3 is 0 Å². The van der Waals surface area contributed by atoms with Crippen LogP contribution in [0.25, 0.3) is 0 Å². The zero-order valence-electron chi connectivity index (χ0n) is 23.2. The van der Waals surface area contributed by atoms with Crippen molar-refractivity contribution in [1.29, 1.82) is 0 Å². The Hall–Kier alpha value is -4.39. The lowest BCUT2D eigenvalue weighted by molar-refractivity contribution is -0.132. The highest BCUT2D eigenvalue weighted by molar-refractivity contribution is 5.97. The SMILES string of the molecule is Cc1cc(C(=O)N[C@H]2C/C=C/CO[C@H]3CCN(C3)C(=O)CC[C@@H](C=O)NC(=O)[C@H](Cc3ccc(F)cc3)NC2=O)no1. The van der Waals surface area contributed by atoms with E-state index in [9.17, 15) is 28.4 Å². The fourth-order valence-corrected chi connectivity index (χ4v) is 4.75. The number of aryl methyl sites for hydroxylation is 1. The number of amides is 4. The van der Waals surface area contributed by atoms with Crippen LogP contribution in [0.1, 0.15) is 47.5 Å². The molecule has 1 aromatic heterocycles. The van der Waals surface area contributed by atoms with E-state index in [0.717, 1.165) is 0 Å². The summed E-state index contributed by atoms with van der Waals surface area (Å²) < 4.78 is 24.3. The summed E-state index contributed by atoms with van der Waals surface area (Å²) in [5.41, 5.74) is 0.540. The average Bonchev–Trinajstić information content (AvgIpc) is 3.63. The minimum Gasteiger partial charge on any atom is -0.372 e. The molecule has 4 atom stereocenters. The van der Waals surface area contributed by atoms with Crippen LogP contribution in [0.3, 0.4) is 0 Å². The van der Waals surface area contributed by atoms with Crippen LogP contribution >= 0.6 is 0 Å². The number of hydrogen-bond acceptors (Lipinski definition) is 8. The number of nitrogens with zero attached hydrogens (tertiary/aromatic N) is 2. The molecule has 1 aromatic carbocycles. The summed E-state index contributed by atoms with van der Waals surface area (Å²) in [5, 5.41) is 11.6. The van der Waals surface area contributed by atoms with Crippen LogP contribution in [0.5, 0.6) is 0 Å². The van der Waals surface area contributed by atoms with Crippen LogP contribution in [0.4, 0.5) is 4.39 Å². The molecule has 0 unspecified atom stereocenters. The van der Waals surface area contributed by atoms with Crippen LogP contribution in [-0.4, -0.2) is 83.9 Å². The molecule has 1 saturated heterocycles. The fourth-order valence-electron chi connectivity index (χ4n) is 4.75. The van der Waals surface area contributed by atoms with E-state index in [-0.39, 0.29) is 50.0 Å². The number of nitrogens with one attached hydrogen (secondary N) is 3. The molecule has 1 fully saturated rings. The van der Waals surface area contributed by atoms with Gasteiger partial charge in [-0.2, -0.15) is 0 Å². The summed E-state index contributed by atoms with van der Waals surface area (Å²) in [6.07, 6.45) is 4.61. The molecule has 4 rings (SSSR count). The van der Waals surface area contributed by atoms with Gasteiger partial charge < -0.3 is 34.9 Å². The molecule has 3 heterocycles. The van der Waals surface area contributed by atoms with Crippen LogP contribution in [0.2, 0.25) is 0 Å². The van der Waals surface area contributed by atoms with Gasteiger partial charge in [0.05, 0.1) is 18.8 Å². The molecule has 12 nitrogen and oxygen atoms in total. The molecular weight excluding hydrogens is 549 g/mol. The zero-order valence-corrected chi connectivity index (χ0v) is 23.2. The second-order valence-corrected chi connectivity index (χ2v) is 10.3. The zero-order chi connectivity index (χ0) is 30.1. The van der Waals surface area contributed by atoms with Crippen molar-refractivity contribution in [3.63, 3.8) is 0 Å². The van der Waals surface area contributed by atoms with E-state index in [1.807, 2.05) is 0 Å². The van der Waals surface area contributed by atoms with Crippen molar-refractivity contribution in [1.82, 2.24) is 26.0 Å². The maximum absolute atomic E-state index is 13.5. The number of halogens is 1. The lowest BCUT2D eigenvalue weighted by Gasteiger charge is -2.24. The normalized spacial score (nSPS) is 25.1. The second-order valence-electron chi connectivity index (χ2n) is 10.3. The van der Waals surface area contributed by atoms with Gasteiger partial charge in [0.1, 0.15) is 29.9 Å². The smallest absolute Gasteiger partial charge is 0.274 e. The van der Waals surface area contributed by atoms with E-state index in [4.69, 9.17) is 9.26 Å². The van der Waals surface area contributed by atoms with Crippen molar-refractivity contribution in [2.24, 2.45) is 0 Å². The van der Waals surface area contributed by atoms with Crippen LogP contribution in [0, 0.1) is 12.7 Å². The van der Waals surface area contributed by atoms with Gasteiger partial charge in [0.25, 0.3) is 5.91 Å².